The predicted octanol–water partition coefficient (Wildman–Crippen LogP) is -5.10. The van der Waals surface area contributed by atoms with Crippen LogP contribution in [0.15, 0.2) is 40.7 Å². The van der Waals surface area contributed by atoms with Gasteiger partial charge in [0.05, 0.1) is 43.5 Å². The molecule has 2 unspecified atom stereocenters. The van der Waals surface area contributed by atoms with Crippen LogP contribution in [0.25, 0.3) is 11.2 Å². The van der Waals surface area contributed by atoms with Crippen LogP contribution in [0.2, 0.25) is 0 Å². The molecule has 7 N–H and O–H groups in total. The first kappa shape index (κ1) is 41.7. The van der Waals surface area contributed by atoms with Crippen molar-refractivity contribution in [3.63, 3.8) is 0 Å². The first-order valence-corrected chi connectivity index (χ1v) is 17.6. The number of imidazole rings is 1. The molecule has 4 aromatic rings. The van der Waals surface area contributed by atoms with Gasteiger partial charge < -0.3 is 54.3 Å². The number of methoxy groups -OCH3 is 1. The number of aromatic hydroxyl groups is 1. The molecule has 2 aliphatic heterocycles. The van der Waals surface area contributed by atoms with Gasteiger partial charge in [-0.25, -0.2) is 19.7 Å². The molecule has 0 spiro atoms. The molecule has 21 nitrogen and oxygen atoms in total. The fourth-order valence-electron chi connectivity index (χ4n) is 5.46. The summed E-state index contributed by atoms with van der Waals surface area (Å²) in [6.07, 6.45) is -1.15. The number of rotatable bonds is 11. The van der Waals surface area contributed by atoms with Crippen molar-refractivity contribution < 1.29 is 82.9 Å². The Labute approximate surface area is 320 Å². The van der Waals surface area contributed by atoms with E-state index in [0.717, 1.165) is 10.6 Å². The van der Waals surface area contributed by atoms with Gasteiger partial charge in [-0.05, 0) is 6.92 Å². The molecular weight excluding hydrogens is 742 g/mol. The minimum atomic E-state index is -4.27. The molecule has 52 heavy (non-hydrogen) atoms. The summed E-state index contributed by atoms with van der Waals surface area (Å²) in [5.74, 6) is 0.0389. The summed E-state index contributed by atoms with van der Waals surface area (Å²) >= 11 is 5.06. The van der Waals surface area contributed by atoms with Crippen molar-refractivity contribution in [3.05, 3.63) is 68.8 Å². The van der Waals surface area contributed by atoms with Crippen molar-refractivity contribution in [3.8, 4) is 5.75 Å². The molecule has 6 heterocycles. The third-order valence-electron chi connectivity index (χ3n) is 8.06. The maximum absolute atomic E-state index is 13.1. The van der Waals surface area contributed by atoms with Crippen molar-refractivity contribution in [2.45, 2.75) is 62.9 Å². The van der Waals surface area contributed by atoms with E-state index >= 15 is 0 Å². The summed E-state index contributed by atoms with van der Waals surface area (Å²) in [5, 5.41) is 38.4. The Bertz CT molecular complexity index is 2040. The number of H-pyrrole nitrogens is 1. The van der Waals surface area contributed by atoms with Gasteiger partial charge in [0.25, 0.3) is 5.56 Å². The minimum Gasteiger partial charge on any atom is -0.780 e. The Hall–Kier alpha value is -3.06. The molecule has 8 atom stereocenters. The second-order valence-electron chi connectivity index (χ2n) is 11.2. The van der Waals surface area contributed by atoms with Crippen molar-refractivity contribution >= 4 is 41.8 Å². The van der Waals surface area contributed by atoms with Crippen LogP contribution in [-0.2, 0) is 41.7 Å². The molecular formula is C28H34N8NaO13PS. The molecule has 0 aromatic carbocycles. The van der Waals surface area contributed by atoms with E-state index in [4.69, 9.17) is 45.9 Å². The smallest absolute Gasteiger partial charge is 0.780 e. The number of nitrogens with zero attached hydrogens (tertiary/aromatic N) is 6. The summed E-state index contributed by atoms with van der Waals surface area (Å²) in [6.45, 7) is -3.95. The van der Waals surface area contributed by atoms with Gasteiger partial charge in [0.1, 0.15) is 55.0 Å². The quantitative estimate of drug-likeness (QED) is 0.0472. The van der Waals surface area contributed by atoms with Crippen molar-refractivity contribution in [2.24, 2.45) is 0 Å². The number of nitrogen functional groups attached to an aromatic ring is 1. The third-order valence-corrected chi connectivity index (χ3v) is 9.60. The number of fused-ring (bicyclic) bond motifs is 1. The number of aldehydes is 1. The Kier molecular flexibility index (Phi) is 14.3. The van der Waals surface area contributed by atoms with Gasteiger partial charge in [0.15, 0.2) is 24.0 Å². The number of carbonyl (C=O) groups is 1. The molecule has 276 valence electrons. The fourth-order valence-corrected chi connectivity index (χ4v) is 6.88. The van der Waals surface area contributed by atoms with Crippen molar-refractivity contribution in [1.29, 1.82) is 0 Å². The van der Waals surface area contributed by atoms with E-state index in [1.807, 2.05) is 0 Å². The van der Waals surface area contributed by atoms with Crippen LogP contribution < -0.4 is 51.4 Å². The van der Waals surface area contributed by atoms with Crippen molar-refractivity contribution in [2.75, 3.05) is 26.1 Å². The summed E-state index contributed by atoms with van der Waals surface area (Å²) in [5.41, 5.74) is 6.06. The number of hydrogen-bond donors (Lipinski definition) is 6. The summed E-state index contributed by atoms with van der Waals surface area (Å²) < 4.78 is 30.5. The van der Waals surface area contributed by atoms with E-state index < -0.39 is 67.6 Å². The third kappa shape index (κ3) is 9.00. The summed E-state index contributed by atoms with van der Waals surface area (Å²) in [7, 11) is 1.30. The second kappa shape index (κ2) is 17.8. The van der Waals surface area contributed by atoms with Crippen LogP contribution in [0.4, 0.5) is 5.82 Å². The minimum absolute atomic E-state index is 0. The molecule has 24 heteroatoms. The number of aliphatic hydroxyl groups excluding tert-OH is 3. The first-order valence-electron chi connectivity index (χ1n) is 15.1. The Balaban J connectivity index is 0.000000397. The van der Waals surface area contributed by atoms with Gasteiger partial charge in [-0.3, -0.25) is 28.7 Å². The molecule has 0 radical (unpaired) electrons. The molecule has 2 fully saturated rings. The van der Waals surface area contributed by atoms with Crippen LogP contribution in [0.3, 0.4) is 0 Å². The van der Waals surface area contributed by atoms with E-state index in [2.05, 4.69) is 24.9 Å². The number of anilines is 1. The number of aromatic amines is 1. The largest absolute Gasteiger partial charge is 1.00 e. The standard InChI is InChI=1S/C20H26N7O10PS.C8H9NO3.Na/c1-33-16-15(10(5-28)36-19(16)26-3-2-12(30)25-20(26)31)37-38(32,39)34-6-11-9(29)4-13(35-11)27-8-24-14-17(21)22-7-23-18(14)27;1-5-8(12)7(4-11)6(3-10)2-9-5;/h2-3,7-11,13,15-16,19,28-29H,4-6H2,1H3,(H,32,39)(H2,21,22,23)(H,25,30,31);2,4,10,12H,3H2,1H3;/q;;+1/p-1/t9-,10-,11-,13-,15+,16?,19-,38?;;/m1../s1. The molecule has 2 saturated heterocycles. The molecule has 6 rings (SSSR count). The number of aryl methyl sites for hydroxylation is 1. The first-order chi connectivity index (χ1) is 24.3. The number of aromatic nitrogens is 7. The Morgan fingerprint density at radius 1 is 1.17 bits per heavy atom. The van der Waals surface area contributed by atoms with E-state index in [-0.39, 0.29) is 66.3 Å². The van der Waals surface area contributed by atoms with E-state index in [1.165, 1.54) is 32.2 Å². The maximum atomic E-state index is 13.1. The van der Waals surface area contributed by atoms with Gasteiger partial charge in [-0.15, -0.1) is 0 Å². The fraction of sp³-hybridized carbons (Fsp3) is 0.464. The van der Waals surface area contributed by atoms with Crippen LogP contribution >= 0.6 is 6.72 Å². The summed E-state index contributed by atoms with van der Waals surface area (Å²) in [4.78, 5) is 65.4. The van der Waals surface area contributed by atoms with Crippen LogP contribution in [0.5, 0.6) is 5.75 Å². The van der Waals surface area contributed by atoms with Gasteiger partial charge >= 0.3 is 35.2 Å². The van der Waals surface area contributed by atoms with Crippen LogP contribution in [0.1, 0.15) is 40.5 Å². The zero-order valence-electron chi connectivity index (χ0n) is 27.9. The SMILES string of the molecule is COC1[C@@H](OP([O-])(=S)OC[C@H]2O[C@@H](n3cnc4c(N)ncnc43)C[C@H]2O)[C@@H](CO)O[C@H]1n1ccc(=O)[nH]c1=O.Cc1ncc(CO)c(C=O)c1O.[Na+]. The molecule has 0 amide bonds. The number of hydrogen-bond acceptors (Lipinski definition) is 19. The topological polar surface area (TPSA) is 305 Å². The maximum Gasteiger partial charge on any atom is 1.00 e. The second-order valence-corrected chi connectivity index (χ2v) is 13.9. The van der Waals surface area contributed by atoms with Gasteiger partial charge in [0, 0.05) is 37.6 Å². The molecule has 0 aliphatic carbocycles. The summed E-state index contributed by atoms with van der Waals surface area (Å²) in [6, 6.07) is 1.11. The normalized spacial score (nSPS) is 25.2. The van der Waals surface area contributed by atoms with Gasteiger partial charge in [-0.2, -0.15) is 0 Å². The number of carbonyl (C=O) groups excluding carboxylic acids is 1. The van der Waals surface area contributed by atoms with E-state index in [1.54, 1.807) is 11.5 Å². The zero-order valence-corrected chi connectivity index (χ0v) is 31.6. The number of aliphatic hydroxyl groups is 3. The van der Waals surface area contributed by atoms with Crippen molar-refractivity contribution in [1.82, 2.24) is 34.1 Å². The molecule has 0 bridgehead atoms. The average Bonchev–Trinajstić information content (AvgIpc) is 3.80. The van der Waals surface area contributed by atoms with E-state index in [9.17, 15) is 34.6 Å². The van der Waals surface area contributed by atoms with Gasteiger partial charge in [0.2, 0.25) is 0 Å². The van der Waals surface area contributed by atoms with E-state index in [0.29, 0.717) is 28.7 Å². The molecule has 4 aromatic heterocycles. The number of nitrogens with one attached hydrogen (secondary N) is 1. The van der Waals surface area contributed by atoms with Gasteiger partial charge in [-0.1, -0.05) is 11.8 Å². The predicted molar refractivity (Wildman–Crippen MR) is 174 cm³/mol. The average molecular weight is 777 g/mol. The van der Waals surface area contributed by atoms with Crippen LogP contribution in [0, 0.1) is 6.92 Å². The zero-order chi connectivity index (χ0) is 37.0. The number of ether oxygens (including phenoxy) is 3. The van der Waals surface area contributed by atoms with Crippen LogP contribution in [-0.4, -0.2) is 112 Å². The Morgan fingerprint density at radius 3 is 2.58 bits per heavy atom. The Morgan fingerprint density at radius 2 is 1.92 bits per heavy atom. The molecule has 0 saturated carbocycles. The number of pyridine rings is 1. The monoisotopic (exact) mass is 776 g/mol. The molecule has 2 aliphatic rings. The number of nitrogens with two attached hydrogens (primary N) is 1.